The number of nitrogens with one attached hydrogen (secondary N) is 1. The highest BCUT2D eigenvalue weighted by molar-refractivity contribution is 7.89. The molecule has 0 radical (unpaired) electrons. The van der Waals surface area contributed by atoms with Crippen LogP contribution in [0.5, 0.6) is 0 Å². The maximum atomic E-state index is 12.3. The highest BCUT2D eigenvalue weighted by Crippen LogP contribution is 2.14. The monoisotopic (exact) mass is 382 g/mol. The number of hydrogen-bond acceptors (Lipinski definition) is 5. The van der Waals surface area contributed by atoms with E-state index in [4.69, 9.17) is 5.11 Å². The Morgan fingerprint density at radius 2 is 1.88 bits per heavy atom. The number of benzene rings is 1. The molecule has 0 aliphatic heterocycles. The van der Waals surface area contributed by atoms with Crippen molar-refractivity contribution in [3.8, 4) is 0 Å². The number of likely N-dealkylation sites (N-methyl/N-ethyl adjacent to an activating group) is 1. The topological polar surface area (TPSA) is 104 Å². The second kappa shape index (κ2) is 8.24. The standard InChI is InChI=1S/C16H18N2O5S2/c1-2-18(11-15(19)20)16(21)12-5-7-14(8-6-12)25(22,23)17-10-13-4-3-9-24-13/h3-9,17H,2,10-11H2,1H3,(H,19,20). The van der Waals surface area contributed by atoms with Gasteiger partial charge in [-0.2, -0.15) is 0 Å². The van der Waals surface area contributed by atoms with Gasteiger partial charge in [0, 0.05) is 23.5 Å². The van der Waals surface area contributed by atoms with Crippen LogP contribution in [-0.4, -0.2) is 43.4 Å². The van der Waals surface area contributed by atoms with Crippen molar-refractivity contribution in [1.82, 2.24) is 9.62 Å². The van der Waals surface area contributed by atoms with E-state index in [-0.39, 0.29) is 23.5 Å². The Balaban J connectivity index is 2.10. The van der Waals surface area contributed by atoms with Gasteiger partial charge < -0.3 is 10.0 Å². The zero-order chi connectivity index (χ0) is 18.4. The van der Waals surface area contributed by atoms with Gasteiger partial charge in [0.1, 0.15) is 6.54 Å². The number of carboxylic acid groups (broad SMARTS) is 1. The molecule has 1 heterocycles. The van der Waals surface area contributed by atoms with E-state index in [1.165, 1.54) is 40.5 Å². The average molecular weight is 382 g/mol. The van der Waals surface area contributed by atoms with Gasteiger partial charge in [0.15, 0.2) is 0 Å². The highest BCUT2D eigenvalue weighted by atomic mass is 32.2. The van der Waals surface area contributed by atoms with Crippen LogP contribution in [0.4, 0.5) is 0 Å². The van der Waals surface area contributed by atoms with Crippen molar-refractivity contribution < 1.29 is 23.1 Å². The van der Waals surface area contributed by atoms with E-state index in [9.17, 15) is 18.0 Å². The smallest absolute Gasteiger partial charge is 0.323 e. The molecule has 0 bridgehead atoms. The van der Waals surface area contributed by atoms with Gasteiger partial charge in [-0.15, -0.1) is 11.3 Å². The molecule has 0 aliphatic rings. The minimum absolute atomic E-state index is 0.0434. The molecular weight excluding hydrogens is 364 g/mol. The van der Waals surface area contributed by atoms with Crippen molar-refractivity contribution in [2.24, 2.45) is 0 Å². The molecule has 2 aromatic rings. The van der Waals surface area contributed by atoms with Gasteiger partial charge in [-0.3, -0.25) is 9.59 Å². The van der Waals surface area contributed by atoms with Gasteiger partial charge in [-0.1, -0.05) is 6.07 Å². The van der Waals surface area contributed by atoms with Crippen LogP contribution in [-0.2, 0) is 21.4 Å². The van der Waals surface area contributed by atoms with Crippen molar-refractivity contribution in [3.05, 3.63) is 52.2 Å². The van der Waals surface area contributed by atoms with Crippen molar-refractivity contribution in [2.45, 2.75) is 18.4 Å². The molecule has 0 spiro atoms. The summed E-state index contributed by atoms with van der Waals surface area (Å²) in [5.74, 6) is -1.56. The largest absolute Gasteiger partial charge is 0.480 e. The molecule has 25 heavy (non-hydrogen) atoms. The summed E-state index contributed by atoms with van der Waals surface area (Å²) >= 11 is 1.45. The Kier molecular flexibility index (Phi) is 6.29. The third kappa shape index (κ3) is 5.12. The van der Waals surface area contributed by atoms with Crippen molar-refractivity contribution in [1.29, 1.82) is 0 Å². The molecule has 0 saturated heterocycles. The van der Waals surface area contributed by atoms with Gasteiger partial charge in [-0.25, -0.2) is 13.1 Å². The van der Waals surface area contributed by atoms with E-state index in [2.05, 4.69) is 4.72 Å². The first-order valence-corrected chi connectivity index (χ1v) is 9.83. The molecular formula is C16H18N2O5S2. The highest BCUT2D eigenvalue weighted by Gasteiger charge is 2.19. The summed E-state index contributed by atoms with van der Waals surface area (Å²) in [6.45, 7) is 1.71. The minimum Gasteiger partial charge on any atom is -0.480 e. The first-order chi connectivity index (χ1) is 11.8. The number of nitrogens with zero attached hydrogens (tertiary/aromatic N) is 1. The van der Waals surface area contributed by atoms with Crippen LogP contribution in [0.2, 0.25) is 0 Å². The summed E-state index contributed by atoms with van der Waals surface area (Å²) in [6.07, 6.45) is 0. The number of amides is 1. The fourth-order valence-corrected chi connectivity index (χ4v) is 3.85. The fraction of sp³-hybridized carbons (Fsp3) is 0.250. The maximum Gasteiger partial charge on any atom is 0.323 e. The minimum atomic E-state index is -3.69. The van der Waals surface area contributed by atoms with Crippen LogP contribution in [0.15, 0.2) is 46.7 Å². The third-order valence-corrected chi connectivity index (χ3v) is 5.72. The molecule has 0 unspecified atom stereocenters. The van der Waals surface area contributed by atoms with Crippen LogP contribution >= 0.6 is 11.3 Å². The molecule has 0 atom stereocenters. The molecule has 0 aliphatic carbocycles. The van der Waals surface area contributed by atoms with E-state index >= 15 is 0 Å². The molecule has 1 amide bonds. The van der Waals surface area contributed by atoms with E-state index in [1.54, 1.807) is 6.92 Å². The van der Waals surface area contributed by atoms with Crippen LogP contribution in [0, 0.1) is 0 Å². The Labute approximate surface area is 150 Å². The van der Waals surface area contributed by atoms with Crippen LogP contribution in [0.1, 0.15) is 22.2 Å². The van der Waals surface area contributed by atoms with Crippen molar-refractivity contribution in [3.63, 3.8) is 0 Å². The molecule has 7 nitrogen and oxygen atoms in total. The normalized spacial score (nSPS) is 11.2. The van der Waals surface area contributed by atoms with Gasteiger partial charge in [0.05, 0.1) is 4.90 Å². The number of hydrogen-bond donors (Lipinski definition) is 2. The first-order valence-electron chi connectivity index (χ1n) is 7.46. The van der Waals surface area contributed by atoms with Gasteiger partial charge in [0.25, 0.3) is 5.91 Å². The zero-order valence-electron chi connectivity index (χ0n) is 13.5. The van der Waals surface area contributed by atoms with Gasteiger partial charge in [0.2, 0.25) is 10.0 Å². The first kappa shape index (κ1) is 19.1. The SMILES string of the molecule is CCN(CC(=O)O)C(=O)c1ccc(S(=O)(=O)NCc2cccs2)cc1. The lowest BCUT2D eigenvalue weighted by Gasteiger charge is -2.18. The summed E-state index contributed by atoms with van der Waals surface area (Å²) in [5.41, 5.74) is 0.236. The summed E-state index contributed by atoms with van der Waals surface area (Å²) < 4.78 is 27.0. The number of thiophene rings is 1. The second-order valence-corrected chi connectivity index (χ2v) is 7.94. The number of carboxylic acids is 1. The Morgan fingerprint density at radius 1 is 1.20 bits per heavy atom. The lowest BCUT2D eigenvalue weighted by Crippen LogP contribution is -2.35. The van der Waals surface area contributed by atoms with E-state index in [0.29, 0.717) is 0 Å². The predicted molar refractivity (Wildman–Crippen MR) is 94.0 cm³/mol. The third-order valence-electron chi connectivity index (χ3n) is 3.42. The summed E-state index contributed by atoms with van der Waals surface area (Å²) in [4.78, 5) is 25.1. The van der Waals surface area contributed by atoms with Crippen LogP contribution in [0.25, 0.3) is 0 Å². The second-order valence-electron chi connectivity index (χ2n) is 5.14. The molecule has 0 fully saturated rings. The van der Waals surface area contributed by atoms with E-state index in [1.807, 2.05) is 17.5 Å². The molecule has 1 aromatic heterocycles. The number of aliphatic carboxylic acids is 1. The van der Waals surface area contributed by atoms with Crippen LogP contribution in [0.3, 0.4) is 0 Å². The maximum absolute atomic E-state index is 12.3. The average Bonchev–Trinajstić information content (AvgIpc) is 3.11. The Morgan fingerprint density at radius 3 is 2.40 bits per heavy atom. The Hall–Kier alpha value is -2.23. The molecule has 9 heteroatoms. The fourth-order valence-electron chi connectivity index (χ4n) is 2.11. The Bertz CT molecular complexity index is 830. The van der Waals surface area contributed by atoms with Crippen molar-refractivity contribution in [2.75, 3.05) is 13.1 Å². The quantitative estimate of drug-likeness (QED) is 0.724. The van der Waals surface area contributed by atoms with E-state index < -0.39 is 28.4 Å². The lowest BCUT2D eigenvalue weighted by molar-refractivity contribution is -0.137. The van der Waals surface area contributed by atoms with E-state index in [0.717, 1.165) is 4.88 Å². The number of carbonyl (C=O) groups excluding carboxylic acids is 1. The molecule has 2 N–H and O–H groups in total. The number of sulfonamides is 1. The van der Waals surface area contributed by atoms with Crippen LogP contribution < -0.4 is 4.72 Å². The summed E-state index contributed by atoms with van der Waals surface area (Å²) in [7, 11) is -3.69. The lowest BCUT2D eigenvalue weighted by atomic mass is 10.2. The van der Waals surface area contributed by atoms with Crippen molar-refractivity contribution >= 4 is 33.2 Å². The van der Waals surface area contributed by atoms with Gasteiger partial charge in [-0.05, 0) is 42.6 Å². The molecule has 134 valence electrons. The number of carbonyl (C=O) groups is 2. The molecule has 0 saturated carbocycles. The molecule has 2 rings (SSSR count). The predicted octanol–water partition coefficient (Wildman–Crippen LogP) is 1.77. The molecule has 1 aromatic carbocycles. The summed E-state index contributed by atoms with van der Waals surface area (Å²) in [5, 5.41) is 10.7. The number of rotatable bonds is 8. The summed E-state index contributed by atoms with van der Waals surface area (Å²) in [6, 6.07) is 9.10. The zero-order valence-corrected chi connectivity index (χ0v) is 15.1. The van der Waals surface area contributed by atoms with Gasteiger partial charge >= 0.3 is 5.97 Å².